The molecule has 3 aromatic rings. The average molecular weight is 318 g/mol. The third kappa shape index (κ3) is 2.05. The Labute approximate surface area is 141 Å². The second-order valence-electron chi connectivity index (χ2n) is 7.34. The number of anilines is 1. The zero-order chi connectivity index (χ0) is 16.1. The van der Waals surface area contributed by atoms with E-state index in [0.717, 1.165) is 28.7 Å². The summed E-state index contributed by atoms with van der Waals surface area (Å²) in [5, 5.41) is 1.15. The lowest BCUT2D eigenvalue weighted by atomic mass is 9.94. The predicted molar refractivity (Wildman–Crippen MR) is 97.0 cm³/mol. The monoisotopic (exact) mass is 318 g/mol. The summed E-state index contributed by atoms with van der Waals surface area (Å²) >= 11 is 0. The van der Waals surface area contributed by atoms with Gasteiger partial charge in [-0.25, -0.2) is 9.97 Å². The van der Waals surface area contributed by atoms with Gasteiger partial charge in [0.15, 0.2) is 0 Å². The molecule has 2 fully saturated rings. The van der Waals surface area contributed by atoms with Gasteiger partial charge < -0.3 is 9.88 Å². The molecule has 2 bridgehead atoms. The molecular formula is C20H22N4. The van der Waals surface area contributed by atoms with E-state index in [4.69, 9.17) is 0 Å². The highest BCUT2D eigenvalue weighted by molar-refractivity contribution is 6.01. The highest BCUT2D eigenvalue weighted by Crippen LogP contribution is 2.47. The van der Waals surface area contributed by atoms with Crippen molar-refractivity contribution in [1.82, 2.24) is 15.0 Å². The van der Waals surface area contributed by atoms with Crippen LogP contribution in [0.2, 0.25) is 0 Å². The quantitative estimate of drug-likeness (QED) is 0.785. The van der Waals surface area contributed by atoms with Gasteiger partial charge >= 0.3 is 0 Å². The molecule has 122 valence electrons. The van der Waals surface area contributed by atoms with E-state index in [1.54, 1.807) is 6.33 Å². The van der Waals surface area contributed by atoms with Crippen LogP contribution in [0.3, 0.4) is 0 Å². The van der Waals surface area contributed by atoms with E-state index < -0.39 is 0 Å². The lowest BCUT2D eigenvalue weighted by Gasteiger charge is -2.32. The average Bonchev–Trinajstić information content (AvgIpc) is 3.36. The van der Waals surface area contributed by atoms with Crippen molar-refractivity contribution in [2.45, 2.75) is 31.7 Å². The molecular weight excluding hydrogens is 296 g/mol. The largest absolute Gasteiger partial charge is 0.356 e. The van der Waals surface area contributed by atoms with Crippen molar-refractivity contribution < 1.29 is 0 Å². The van der Waals surface area contributed by atoms with Crippen LogP contribution < -0.4 is 4.90 Å². The van der Waals surface area contributed by atoms with Gasteiger partial charge in [0.1, 0.15) is 17.8 Å². The first-order valence-electron chi connectivity index (χ1n) is 8.91. The minimum Gasteiger partial charge on any atom is -0.356 e. The Morgan fingerprint density at radius 1 is 1.08 bits per heavy atom. The van der Waals surface area contributed by atoms with E-state index >= 15 is 0 Å². The second kappa shape index (κ2) is 5.33. The van der Waals surface area contributed by atoms with Crippen LogP contribution in [0.4, 0.5) is 5.82 Å². The molecule has 4 nitrogen and oxygen atoms in total. The maximum atomic E-state index is 4.69. The molecule has 1 N–H and O–H groups in total. The van der Waals surface area contributed by atoms with Gasteiger partial charge in [0, 0.05) is 24.8 Å². The van der Waals surface area contributed by atoms with Crippen LogP contribution in [-0.4, -0.2) is 28.0 Å². The molecule has 3 atom stereocenters. The van der Waals surface area contributed by atoms with E-state index in [1.807, 2.05) is 0 Å². The first-order chi connectivity index (χ1) is 11.8. The third-order valence-corrected chi connectivity index (χ3v) is 6.07. The van der Waals surface area contributed by atoms with Gasteiger partial charge in [-0.1, -0.05) is 36.8 Å². The topological polar surface area (TPSA) is 44.8 Å². The molecule has 2 saturated carbocycles. The Kier molecular flexibility index (Phi) is 3.12. The molecule has 2 heterocycles. The van der Waals surface area contributed by atoms with Gasteiger partial charge in [-0.15, -0.1) is 0 Å². The van der Waals surface area contributed by atoms with Crippen molar-refractivity contribution in [3.63, 3.8) is 0 Å². The minimum atomic E-state index is 0.625. The lowest BCUT2D eigenvalue weighted by molar-refractivity contribution is 0.404. The number of aromatic amines is 1. The third-order valence-electron chi connectivity index (χ3n) is 6.07. The predicted octanol–water partition coefficient (Wildman–Crippen LogP) is 4.25. The molecule has 2 aromatic heterocycles. The summed E-state index contributed by atoms with van der Waals surface area (Å²) in [6, 6.07) is 11.1. The number of hydrogen-bond donors (Lipinski definition) is 1. The van der Waals surface area contributed by atoms with Crippen LogP contribution in [0.25, 0.3) is 22.2 Å². The molecule has 4 heteroatoms. The standard InChI is InChI=1S/C20H22N4/c1-24(17-10-13-7-8-15(17)9-13)20-18-16(14-5-3-2-4-6-14)11-21-19(18)22-12-23-20/h2-6,11-13,15,17H,7-10H2,1H3,(H,21,22,23). The number of benzene rings is 1. The Balaban J connectivity index is 1.62. The molecule has 0 saturated heterocycles. The molecule has 0 spiro atoms. The summed E-state index contributed by atoms with van der Waals surface area (Å²) in [6.45, 7) is 0. The molecule has 5 rings (SSSR count). The Bertz CT molecular complexity index is 870. The summed E-state index contributed by atoms with van der Waals surface area (Å²) in [4.78, 5) is 14.9. The van der Waals surface area contributed by atoms with Gasteiger partial charge in [-0.3, -0.25) is 0 Å². The summed E-state index contributed by atoms with van der Waals surface area (Å²) in [7, 11) is 2.22. The van der Waals surface area contributed by atoms with Gasteiger partial charge in [-0.05, 0) is 36.7 Å². The van der Waals surface area contributed by atoms with Gasteiger partial charge in [0.25, 0.3) is 0 Å². The van der Waals surface area contributed by atoms with E-state index in [2.05, 4.69) is 63.4 Å². The van der Waals surface area contributed by atoms with Crippen LogP contribution in [0.15, 0.2) is 42.9 Å². The van der Waals surface area contributed by atoms with Crippen molar-refractivity contribution in [1.29, 1.82) is 0 Å². The molecule has 3 unspecified atom stereocenters. The smallest absolute Gasteiger partial charge is 0.143 e. The molecule has 0 radical (unpaired) electrons. The fourth-order valence-corrected chi connectivity index (χ4v) is 4.90. The molecule has 2 aliphatic rings. The van der Waals surface area contributed by atoms with Crippen LogP contribution in [-0.2, 0) is 0 Å². The highest BCUT2D eigenvalue weighted by atomic mass is 15.2. The maximum Gasteiger partial charge on any atom is 0.143 e. The number of rotatable bonds is 3. The van der Waals surface area contributed by atoms with Crippen LogP contribution >= 0.6 is 0 Å². The normalized spacial score (nSPS) is 25.5. The number of H-pyrrole nitrogens is 1. The summed E-state index contributed by atoms with van der Waals surface area (Å²) < 4.78 is 0. The Hall–Kier alpha value is -2.36. The van der Waals surface area contributed by atoms with Crippen LogP contribution in [0.1, 0.15) is 25.7 Å². The fourth-order valence-electron chi connectivity index (χ4n) is 4.90. The summed E-state index contributed by atoms with van der Waals surface area (Å²) in [5.74, 6) is 2.83. The fraction of sp³-hybridized carbons (Fsp3) is 0.400. The second-order valence-corrected chi connectivity index (χ2v) is 7.34. The molecule has 2 aliphatic carbocycles. The van der Waals surface area contributed by atoms with Gasteiger partial charge in [0.05, 0.1) is 5.39 Å². The van der Waals surface area contributed by atoms with Crippen LogP contribution in [0, 0.1) is 11.8 Å². The molecule has 24 heavy (non-hydrogen) atoms. The number of hydrogen-bond acceptors (Lipinski definition) is 3. The van der Waals surface area contributed by atoms with E-state index in [9.17, 15) is 0 Å². The van der Waals surface area contributed by atoms with Crippen LogP contribution in [0.5, 0.6) is 0 Å². The SMILES string of the molecule is CN(c1ncnc2[nH]cc(-c3ccccc3)c12)C1CC2CCC1C2. The lowest BCUT2D eigenvalue weighted by Crippen LogP contribution is -2.36. The number of nitrogens with zero attached hydrogens (tertiary/aromatic N) is 3. The van der Waals surface area contributed by atoms with Crippen molar-refractivity contribution in [2.24, 2.45) is 11.8 Å². The maximum absolute atomic E-state index is 4.69. The van der Waals surface area contributed by atoms with E-state index in [0.29, 0.717) is 6.04 Å². The van der Waals surface area contributed by atoms with Crippen molar-refractivity contribution in [3.05, 3.63) is 42.9 Å². The van der Waals surface area contributed by atoms with Crippen molar-refractivity contribution >= 4 is 16.9 Å². The van der Waals surface area contributed by atoms with Crippen molar-refractivity contribution in [3.8, 4) is 11.1 Å². The zero-order valence-corrected chi connectivity index (χ0v) is 13.9. The Morgan fingerprint density at radius 3 is 2.71 bits per heavy atom. The summed E-state index contributed by atoms with van der Waals surface area (Å²) in [6.07, 6.45) is 9.28. The first-order valence-corrected chi connectivity index (χ1v) is 8.91. The number of aromatic nitrogens is 3. The minimum absolute atomic E-state index is 0.625. The number of nitrogens with one attached hydrogen (secondary N) is 1. The zero-order valence-electron chi connectivity index (χ0n) is 13.9. The molecule has 0 amide bonds. The summed E-state index contributed by atoms with van der Waals surface area (Å²) in [5.41, 5.74) is 3.33. The molecule has 1 aromatic carbocycles. The molecule has 0 aliphatic heterocycles. The number of fused-ring (bicyclic) bond motifs is 3. The first kappa shape index (κ1) is 14.0. The van der Waals surface area contributed by atoms with Crippen molar-refractivity contribution in [2.75, 3.05) is 11.9 Å². The van der Waals surface area contributed by atoms with Gasteiger partial charge in [-0.2, -0.15) is 0 Å². The Morgan fingerprint density at radius 2 is 1.96 bits per heavy atom. The van der Waals surface area contributed by atoms with E-state index in [-0.39, 0.29) is 0 Å². The highest BCUT2D eigenvalue weighted by Gasteiger charge is 2.42. The van der Waals surface area contributed by atoms with E-state index in [1.165, 1.54) is 36.8 Å². The van der Waals surface area contributed by atoms with Gasteiger partial charge in [0.2, 0.25) is 0 Å².